The number of hydrogen-bond acceptors (Lipinski definition) is 3. The maximum atomic E-state index is 12.3. The molecular formula is C15H20N2O2. The summed E-state index contributed by atoms with van der Waals surface area (Å²) in [5.74, 6) is 1.19. The molecule has 0 bridgehead atoms. The Kier molecular flexibility index (Phi) is 3.69. The zero-order valence-corrected chi connectivity index (χ0v) is 11.0. The average Bonchev–Trinajstić information content (AvgIpc) is 2.48. The van der Waals surface area contributed by atoms with Crippen molar-refractivity contribution in [3.63, 3.8) is 0 Å². The molecule has 0 radical (unpaired) electrons. The average molecular weight is 260 g/mol. The second kappa shape index (κ2) is 5.61. The Morgan fingerprint density at radius 2 is 2.21 bits per heavy atom. The number of ether oxygens (including phenoxy) is 1. The minimum atomic E-state index is 0.0966. The summed E-state index contributed by atoms with van der Waals surface area (Å²) in [5.41, 5.74) is 1.10. The summed E-state index contributed by atoms with van der Waals surface area (Å²) in [6.45, 7) is 2.51. The Hall–Kier alpha value is -1.55. The van der Waals surface area contributed by atoms with Crippen molar-refractivity contribution in [2.24, 2.45) is 5.92 Å². The molecule has 1 fully saturated rings. The third-order valence-electron chi connectivity index (χ3n) is 3.94. The zero-order valence-electron chi connectivity index (χ0n) is 11.0. The highest BCUT2D eigenvalue weighted by molar-refractivity contribution is 5.79. The molecule has 0 saturated carbocycles. The second-order valence-electron chi connectivity index (χ2n) is 5.28. The van der Waals surface area contributed by atoms with Crippen LogP contribution in [0.25, 0.3) is 0 Å². The van der Waals surface area contributed by atoms with Crippen LogP contribution in [0.3, 0.4) is 0 Å². The van der Waals surface area contributed by atoms with Crippen LogP contribution in [0.2, 0.25) is 0 Å². The van der Waals surface area contributed by atoms with Crippen LogP contribution < -0.4 is 15.4 Å². The van der Waals surface area contributed by atoms with Gasteiger partial charge in [0.1, 0.15) is 5.75 Å². The number of benzene rings is 1. The molecule has 0 aliphatic carbocycles. The summed E-state index contributed by atoms with van der Waals surface area (Å²) >= 11 is 0. The first-order valence-electron chi connectivity index (χ1n) is 7.07. The van der Waals surface area contributed by atoms with Gasteiger partial charge >= 0.3 is 0 Å². The van der Waals surface area contributed by atoms with Gasteiger partial charge in [-0.15, -0.1) is 0 Å². The number of carbonyl (C=O) groups is 1. The van der Waals surface area contributed by atoms with Crippen LogP contribution in [-0.4, -0.2) is 25.6 Å². The van der Waals surface area contributed by atoms with E-state index in [4.69, 9.17) is 4.74 Å². The van der Waals surface area contributed by atoms with E-state index in [0.717, 1.165) is 43.7 Å². The van der Waals surface area contributed by atoms with Crippen LogP contribution in [0, 0.1) is 5.92 Å². The maximum Gasteiger partial charge on any atom is 0.224 e. The first-order valence-corrected chi connectivity index (χ1v) is 7.07. The van der Waals surface area contributed by atoms with E-state index in [2.05, 4.69) is 10.6 Å². The van der Waals surface area contributed by atoms with Crippen LogP contribution in [0.1, 0.15) is 30.9 Å². The molecule has 1 aromatic carbocycles. The summed E-state index contributed by atoms with van der Waals surface area (Å²) in [5, 5.41) is 6.47. The Bertz CT molecular complexity index is 455. The Morgan fingerprint density at radius 1 is 1.32 bits per heavy atom. The van der Waals surface area contributed by atoms with Crippen molar-refractivity contribution in [3.05, 3.63) is 29.8 Å². The highest BCUT2D eigenvalue weighted by atomic mass is 16.5. The largest absolute Gasteiger partial charge is 0.493 e. The van der Waals surface area contributed by atoms with Gasteiger partial charge in [0.15, 0.2) is 0 Å². The number of hydrogen-bond donors (Lipinski definition) is 2. The van der Waals surface area contributed by atoms with Crippen molar-refractivity contribution in [2.45, 2.75) is 25.3 Å². The second-order valence-corrected chi connectivity index (χ2v) is 5.28. The molecule has 3 rings (SSSR count). The Morgan fingerprint density at radius 3 is 3.05 bits per heavy atom. The van der Waals surface area contributed by atoms with Crippen LogP contribution in [0.15, 0.2) is 24.3 Å². The lowest BCUT2D eigenvalue weighted by atomic mass is 9.96. The standard InChI is InChI=1S/C15H20N2O2/c18-15(11-4-3-8-16-10-11)17-13-7-9-19-14-6-2-1-5-12(13)14/h1-2,5-6,11,13,16H,3-4,7-10H2,(H,17,18)/t11-,13?/m1/s1. The van der Waals surface area contributed by atoms with Crippen LogP contribution >= 0.6 is 0 Å². The molecule has 2 heterocycles. The van der Waals surface area contributed by atoms with Crippen molar-refractivity contribution < 1.29 is 9.53 Å². The van der Waals surface area contributed by atoms with Gasteiger partial charge in [-0.05, 0) is 25.5 Å². The van der Waals surface area contributed by atoms with Crippen LogP contribution in [0.5, 0.6) is 5.75 Å². The predicted octanol–water partition coefficient (Wildman–Crippen LogP) is 1.63. The minimum absolute atomic E-state index is 0.0966. The van der Waals surface area contributed by atoms with Gasteiger partial charge in [-0.2, -0.15) is 0 Å². The summed E-state index contributed by atoms with van der Waals surface area (Å²) in [4.78, 5) is 12.3. The lowest BCUT2D eigenvalue weighted by molar-refractivity contribution is -0.126. The van der Waals surface area contributed by atoms with E-state index < -0.39 is 0 Å². The van der Waals surface area contributed by atoms with E-state index in [9.17, 15) is 4.79 Å². The monoisotopic (exact) mass is 260 g/mol. The maximum absolute atomic E-state index is 12.3. The zero-order chi connectivity index (χ0) is 13.1. The van der Waals surface area contributed by atoms with Crippen LogP contribution in [0.4, 0.5) is 0 Å². The highest BCUT2D eigenvalue weighted by Gasteiger charge is 2.26. The Balaban J connectivity index is 1.68. The van der Waals surface area contributed by atoms with Crippen molar-refractivity contribution in [1.82, 2.24) is 10.6 Å². The molecule has 1 aromatic rings. The number of para-hydroxylation sites is 1. The summed E-state index contributed by atoms with van der Waals surface area (Å²) in [6, 6.07) is 8.07. The van der Waals surface area contributed by atoms with E-state index in [0.29, 0.717) is 6.61 Å². The van der Waals surface area contributed by atoms with Gasteiger partial charge < -0.3 is 15.4 Å². The van der Waals surface area contributed by atoms with Gasteiger partial charge in [-0.25, -0.2) is 0 Å². The molecule has 2 aliphatic heterocycles. The fraction of sp³-hybridized carbons (Fsp3) is 0.533. The molecule has 0 aromatic heterocycles. The fourth-order valence-electron chi connectivity index (χ4n) is 2.86. The normalized spacial score (nSPS) is 26.1. The first-order chi connectivity index (χ1) is 9.34. The summed E-state index contributed by atoms with van der Waals surface area (Å²) in [7, 11) is 0. The molecular weight excluding hydrogens is 240 g/mol. The lowest BCUT2D eigenvalue weighted by Gasteiger charge is -2.29. The molecule has 102 valence electrons. The number of rotatable bonds is 2. The van der Waals surface area contributed by atoms with Gasteiger partial charge in [0, 0.05) is 18.5 Å². The molecule has 0 spiro atoms. The number of fused-ring (bicyclic) bond motifs is 1. The summed E-state index contributed by atoms with van der Waals surface area (Å²) in [6.07, 6.45) is 2.93. The summed E-state index contributed by atoms with van der Waals surface area (Å²) < 4.78 is 5.62. The van der Waals surface area contributed by atoms with Gasteiger partial charge in [0.2, 0.25) is 5.91 Å². The number of carbonyl (C=O) groups excluding carboxylic acids is 1. The topological polar surface area (TPSA) is 50.4 Å². The van der Waals surface area contributed by atoms with Crippen molar-refractivity contribution in [2.75, 3.05) is 19.7 Å². The third kappa shape index (κ3) is 2.73. The van der Waals surface area contributed by atoms with Crippen molar-refractivity contribution in [1.29, 1.82) is 0 Å². The van der Waals surface area contributed by atoms with E-state index in [1.807, 2.05) is 24.3 Å². The molecule has 1 saturated heterocycles. The molecule has 2 aliphatic rings. The molecule has 4 heteroatoms. The fourth-order valence-corrected chi connectivity index (χ4v) is 2.86. The number of nitrogens with one attached hydrogen (secondary N) is 2. The van der Waals surface area contributed by atoms with E-state index in [1.54, 1.807) is 0 Å². The lowest BCUT2D eigenvalue weighted by Crippen LogP contribution is -2.42. The Labute approximate surface area is 113 Å². The van der Waals surface area contributed by atoms with E-state index in [1.165, 1.54) is 0 Å². The van der Waals surface area contributed by atoms with Gasteiger partial charge in [-0.1, -0.05) is 18.2 Å². The van der Waals surface area contributed by atoms with Gasteiger partial charge in [0.05, 0.1) is 18.6 Å². The smallest absolute Gasteiger partial charge is 0.224 e. The molecule has 2 N–H and O–H groups in total. The third-order valence-corrected chi connectivity index (χ3v) is 3.94. The molecule has 2 atom stereocenters. The highest BCUT2D eigenvalue weighted by Crippen LogP contribution is 2.31. The SMILES string of the molecule is O=C(NC1CCOc2ccccc21)[C@@H]1CCCNC1. The quantitative estimate of drug-likeness (QED) is 0.849. The molecule has 4 nitrogen and oxygen atoms in total. The number of piperidine rings is 1. The van der Waals surface area contributed by atoms with Gasteiger partial charge in [0.25, 0.3) is 0 Å². The molecule has 1 amide bonds. The van der Waals surface area contributed by atoms with E-state index >= 15 is 0 Å². The van der Waals surface area contributed by atoms with E-state index in [-0.39, 0.29) is 17.9 Å². The number of amides is 1. The van der Waals surface area contributed by atoms with Crippen molar-refractivity contribution >= 4 is 5.91 Å². The van der Waals surface area contributed by atoms with Crippen molar-refractivity contribution in [3.8, 4) is 5.75 Å². The van der Waals surface area contributed by atoms with Gasteiger partial charge in [-0.3, -0.25) is 4.79 Å². The molecule has 19 heavy (non-hydrogen) atoms. The molecule has 1 unspecified atom stereocenters. The predicted molar refractivity (Wildman–Crippen MR) is 73.0 cm³/mol. The van der Waals surface area contributed by atoms with Crippen LogP contribution in [-0.2, 0) is 4.79 Å². The minimum Gasteiger partial charge on any atom is -0.493 e. The first kappa shape index (κ1) is 12.5.